The molecule has 38 heavy (non-hydrogen) atoms. The number of fused-ring (bicyclic) bond motifs is 1. The molecule has 0 fully saturated rings. The molecule has 0 saturated carbocycles. The van der Waals surface area contributed by atoms with E-state index in [1.54, 1.807) is 29.2 Å². The van der Waals surface area contributed by atoms with Gasteiger partial charge in [-0.15, -0.1) is 0 Å². The van der Waals surface area contributed by atoms with Crippen LogP contribution < -0.4 is 14.4 Å². The molecule has 2 unspecified atom stereocenters. The number of halogens is 1. The van der Waals surface area contributed by atoms with Crippen molar-refractivity contribution in [3.05, 3.63) is 88.4 Å². The number of aliphatic carboxylic acids is 1. The number of carboxylic acid groups (broad SMARTS) is 1. The number of amides is 1. The van der Waals surface area contributed by atoms with Gasteiger partial charge in [0.25, 0.3) is 5.91 Å². The zero-order valence-electron chi connectivity index (χ0n) is 21.9. The Kier molecular flexibility index (Phi) is 8.29. The smallest absolute Gasteiger partial charge is 0.306 e. The average Bonchev–Trinajstić information content (AvgIpc) is 2.97. The lowest BCUT2D eigenvalue weighted by Gasteiger charge is -2.31. The summed E-state index contributed by atoms with van der Waals surface area (Å²) in [5, 5.41) is 10.1. The van der Waals surface area contributed by atoms with Gasteiger partial charge in [-0.2, -0.15) is 0 Å². The van der Waals surface area contributed by atoms with Gasteiger partial charge >= 0.3 is 5.97 Å². The summed E-state index contributed by atoms with van der Waals surface area (Å²) < 4.78 is 18.3. The molecule has 4 rings (SSSR count). The van der Waals surface area contributed by atoms with Crippen LogP contribution in [-0.4, -0.2) is 36.7 Å². The Morgan fingerprint density at radius 2 is 1.79 bits per heavy atom. The van der Waals surface area contributed by atoms with Crippen LogP contribution in [0, 0.1) is 5.41 Å². The number of nitrogens with zero attached hydrogens (tertiary/aromatic N) is 1. The van der Waals surface area contributed by atoms with Gasteiger partial charge in [0, 0.05) is 28.4 Å². The Balaban J connectivity index is 1.83. The van der Waals surface area contributed by atoms with E-state index in [0.29, 0.717) is 46.5 Å². The summed E-state index contributed by atoms with van der Waals surface area (Å²) in [6.07, 6.45) is -2.54. The molecule has 1 aliphatic heterocycles. The summed E-state index contributed by atoms with van der Waals surface area (Å²) >= 11 is 6.43. The second kappa shape index (κ2) is 11.5. The van der Waals surface area contributed by atoms with E-state index < -0.39 is 30.5 Å². The van der Waals surface area contributed by atoms with Crippen LogP contribution in [0.2, 0.25) is 5.02 Å². The second-order valence-electron chi connectivity index (χ2n) is 10.4. The number of carboxylic acids is 1. The lowest BCUT2D eigenvalue weighted by molar-refractivity contribution is -0.147. The SMILES string of the molecule is COc1c(OCc2ccccc2)cccc1C1OC(CC(=O)O)C(=O)N(CC(C)(C)C)c2ccc(Cl)cc21. The molecule has 3 aromatic rings. The third-order valence-corrected chi connectivity index (χ3v) is 6.37. The number of benzene rings is 3. The van der Waals surface area contributed by atoms with Crippen molar-refractivity contribution < 1.29 is 28.9 Å². The molecule has 1 heterocycles. The van der Waals surface area contributed by atoms with Gasteiger partial charge in [-0.05, 0) is 35.2 Å². The normalized spacial score (nSPS) is 17.5. The molecule has 0 radical (unpaired) electrons. The number of carbonyl (C=O) groups excluding carboxylic acids is 1. The third-order valence-electron chi connectivity index (χ3n) is 6.13. The van der Waals surface area contributed by atoms with Gasteiger partial charge < -0.3 is 24.2 Å². The fraction of sp³-hybridized carbons (Fsp3) is 0.333. The maximum Gasteiger partial charge on any atom is 0.306 e. The highest BCUT2D eigenvalue weighted by Gasteiger charge is 2.40. The van der Waals surface area contributed by atoms with Crippen LogP contribution in [0.5, 0.6) is 11.5 Å². The average molecular weight is 538 g/mol. The van der Waals surface area contributed by atoms with Crippen molar-refractivity contribution in [2.24, 2.45) is 5.41 Å². The van der Waals surface area contributed by atoms with Gasteiger partial charge in [0.1, 0.15) is 18.8 Å². The first-order chi connectivity index (χ1) is 18.1. The molecule has 1 N–H and O–H groups in total. The molecular weight excluding hydrogens is 506 g/mol. The predicted molar refractivity (Wildman–Crippen MR) is 146 cm³/mol. The molecule has 1 aliphatic rings. The number of hydrogen-bond acceptors (Lipinski definition) is 5. The quantitative estimate of drug-likeness (QED) is 0.364. The molecule has 2 atom stereocenters. The monoisotopic (exact) mass is 537 g/mol. The van der Waals surface area contributed by atoms with E-state index in [2.05, 4.69) is 0 Å². The molecule has 0 aliphatic carbocycles. The summed E-state index contributed by atoms with van der Waals surface area (Å²) in [4.78, 5) is 27.1. The number of anilines is 1. The fourth-order valence-electron chi connectivity index (χ4n) is 4.55. The van der Waals surface area contributed by atoms with Crippen LogP contribution in [-0.2, 0) is 20.9 Å². The van der Waals surface area contributed by atoms with E-state index in [9.17, 15) is 14.7 Å². The first kappa shape index (κ1) is 27.5. The van der Waals surface area contributed by atoms with E-state index in [4.69, 9.17) is 25.8 Å². The number of methoxy groups -OCH3 is 1. The van der Waals surface area contributed by atoms with Crippen LogP contribution in [0.15, 0.2) is 66.7 Å². The van der Waals surface area contributed by atoms with Crippen molar-refractivity contribution >= 4 is 29.2 Å². The molecule has 8 heteroatoms. The Labute approximate surface area is 227 Å². The highest BCUT2D eigenvalue weighted by Crippen LogP contribution is 2.45. The Morgan fingerprint density at radius 1 is 1.05 bits per heavy atom. The zero-order chi connectivity index (χ0) is 27.4. The van der Waals surface area contributed by atoms with Crippen LogP contribution >= 0.6 is 11.6 Å². The number of rotatable bonds is 8. The van der Waals surface area contributed by atoms with Gasteiger partial charge in [0.15, 0.2) is 11.5 Å². The molecule has 7 nitrogen and oxygen atoms in total. The highest BCUT2D eigenvalue weighted by molar-refractivity contribution is 6.30. The van der Waals surface area contributed by atoms with Crippen LogP contribution in [0.25, 0.3) is 0 Å². The lowest BCUT2D eigenvalue weighted by Crippen LogP contribution is -2.44. The number of hydrogen-bond donors (Lipinski definition) is 1. The first-order valence-electron chi connectivity index (χ1n) is 12.4. The van der Waals surface area contributed by atoms with Crippen molar-refractivity contribution in [1.82, 2.24) is 0 Å². The number of ether oxygens (including phenoxy) is 3. The molecule has 1 amide bonds. The molecule has 200 valence electrons. The summed E-state index contributed by atoms with van der Waals surface area (Å²) in [7, 11) is 1.54. The lowest BCUT2D eigenvalue weighted by atomic mass is 9.94. The summed E-state index contributed by atoms with van der Waals surface area (Å²) in [5.41, 5.74) is 2.59. The van der Waals surface area contributed by atoms with Crippen LogP contribution in [0.4, 0.5) is 5.69 Å². The fourth-order valence-corrected chi connectivity index (χ4v) is 4.73. The van der Waals surface area contributed by atoms with Gasteiger partial charge in [0.05, 0.1) is 13.5 Å². The Hall–Kier alpha value is -3.55. The van der Waals surface area contributed by atoms with Crippen molar-refractivity contribution in [2.75, 3.05) is 18.6 Å². The molecule has 3 aromatic carbocycles. The third kappa shape index (κ3) is 6.29. The van der Waals surface area contributed by atoms with Crippen molar-refractivity contribution in [3.8, 4) is 11.5 Å². The topological polar surface area (TPSA) is 85.3 Å². The van der Waals surface area contributed by atoms with E-state index in [1.807, 2.05) is 63.2 Å². The molecule has 0 bridgehead atoms. The molecule has 0 aromatic heterocycles. The summed E-state index contributed by atoms with van der Waals surface area (Å²) in [5.74, 6) is -0.611. The van der Waals surface area contributed by atoms with Gasteiger partial charge in [0.2, 0.25) is 0 Å². The van der Waals surface area contributed by atoms with Crippen molar-refractivity contribution in [3.63, 3.8) is 0 Å². The van der Waals surface area contributed by atoms with Gasteiger partial charge in [-0.1, -0.05) is 74.8 Å². The first-order valence-corrected chi connectivity index (χ1v) is 12.8. The maximum atomic E-state index is 13.7. The largest absolute Gasteiger partial charge is 0.492 e. The minimum absolute atomic E-state index is 0.261. The Bertz CT molecular complexity index is 1300. The number of carbonyl (C=O) groups is 2. The Morgan fingerprint density at radius 3 is 2.45 bits per heavy atom. The predicted octanol–water partition coefficient (Wildman–Crippen LogP) is 6.27. The van der Waals surface area contributed by atoms with Crippen LogP contribution in [0.1, 0.15) is 50.0 Å². The molecule has 0 spiro atoms. The van der Waals surface area contributed by atoms with E-state index in [0.717, 1.165) is 5.56 Å². The summed E-state index contributed by atoms with van der Waals surface area (Å²) in [6.45, 7) is 6.74. The second-order valence-corrected chi connectivity index (χ2v) is 10.9. The maximum absolute atomic E-state index is 13.7. The van der Waals surface area contributed by atoms with E-state index >= 15 is 0 Å². The molecule has 0 saturated heterocycles. The van der Waals surface area contributed by atoms with E-state index in [1.165, 1.54) is 7.11 Å². The van der Waals surface area contributed by atoms with Crippen LogP contribution in [0.3, 0.4) is 0 Å². The minimum Gasteiger partial charge on any atom is -0.492 e. The van der Waals surface area contributed by atoms with Crippen molar-refractivity contribution in [2.45, 2.75) is 46.0 Å². The van der Waals surface area contributed by atoms with Gasteiger partial charge in [-0.25, -0.2) is 0 Å². The standard InChI is InChI=1S/C30H32ClNO6/c1-30(2,3)18-32-23-14-13-20(31)15-22(23)27(38-25(29(32)35)16-26(33)34)21-11-8-12-24(28(21)36-4)37-17-19-9-6-5-7-10-19/h5-15,25,27H,16-18H2,1-4H3,(H,33,34). The number of para-hydroxylation sites is 1. The zero-order valence-corrected chi connectivity index (χ0v) is 22.7. The van der Waals surface area contributed by atoms with Crippen molar-refractivity contribution in [1.29, 1.82) is 0 Å². The van der Waals surface area contributed by atoms with E-state index in [-0.39, 0.29) is 5.41 Å². The summed E-state index contributed by atoms with van der Waals surface area (Å²) in [6, 6.07) is 20.4. The molecular formula is C30H32ClNO6. The highest BCUT2D eigenvalue weighted by atomic mass is 35.5. The van der Waals surface area contributed by atoms with Gasteiger partial charge in [-0.3, -0.25) is 9.59 Å². The minimum atomic E-state index is -1.22.